The zero-order chi connectivity index (χ0) is 6.78. The zero-order valence-corrected chi connectivity index (χ0v) is 8.05. The van der Waals surface area contributed by atoms with Crippen molar-refractivity contribution < 1.29 is 0 Å². The molecule has 0 bridgehead atoms. The first-order chi connectivity index (χ1) is 3.50. The summed E-state index contributed by atoms with van der Waals surface area (Å²) >= 11 is 11.9. The smallest absolute Gasteiger partial charge is 0.166 e. The van der Waals surface area contributed by atoms with E-state index in [1.165, 1.54) is 0 Å². The van der Waals surface area contributed by atoms with Crippen LogP contribution in [0.15, 0.2) is 0 Å². The molecule has 0 nitrogen and oxygen atoms in total. The van der Waals surface area contributed by atoms with Gasteiger partial charge in [0.25, 0.3) is 0 Å². The van der Waals surface area contributed by atoms with Gasteiger partial charge in [0.2, 0.25) is 0 Å². The predicted molar refractivity (Wildman–Crippen MR) is 43.3 cm³/mol. The van der Waals surface area contributed by atoms with Crippen LogP contribution in [0.2, 0.25) is 12.6 Å². The van der Waals surface area contributed by atoms with Crippen LogP contribution in [0.4, 0.5) is 0 Å². The van der Waals surface area contributed by atoms with Crippen molar-refractivity contribution in [1.29, 1.82) is 0 Å². The number of alkyl halides is 1. The SMILES string of the molecule is CC[Si](C)(Cl)C(C)Cl. The van der Waals surface area contributed by atoms with Gasteiger partial charge in [-0.25, -0.2) is 0 Å². The lowest BCUT2D eigenvalue weighted by Gasteiger charge is -2.18. The van der Waals surface area contributed by atoms with E-state index in [1.54, 1.807) is 0 Å². The molecule has 0 heterocycles. The minimum Gasteiger partial charge on any atom is -0.166 e. The highest BCUT2D eigenvalue weighted by atomic mass is 35.6. The molecule has 2 atom stereocenters. The fourth-order valence-corrected chi connectivity index (χ4v) is 1.31. The third-order valence-corrected chi connectivity index (χ3v) is 8.13. The summed E-state index contributed by atoms with van der Waals surface area (Å²) in [5.41, 5.74) is 0. The van der Waals surface area contributed by atoms with Crippen molar-refractivity contribution in [3.05, 3.63) is 0 Å². The number of rotatable bonds is 2. The summed E-state index contributed by atoms with van der Waals surface area (Å²) in [5.74, 6) is 0. The highest BCUT2D eigenvalue weighted by Crippen LogP contribution is 2.22. The monoisotopic (exact) mass is 170 g/mol. The number of halogens is 2. The van der Waals surface area contributed by atoms with E-state index in [0.29, 0.717) is 0 Å². The molecule has 0 radical (unpaired) electrons. The van der Waals surface area contributed by atoms with Gasteiger partial charge >= 0.3 is 0 Å². The average Bonchev–Trinajstić information content (AvgIpc) is 1.67. The van der Waals surface area contributed by atoms with Gasteiger partial charge in [-0.05, 0) is 6.04 Å². The maximum absolute atomic E-state index is 6.06. The highest BCUT2D eigenvalue weighted by molar-refractivity contribution is 7.22. The molecule has 0 amide bonds. The fraction of sp³-hybridized carbons (Fsp3) is 1.00. The van der Waals surface area contributed by atoms with Crippen molar-refractivity contribution in [3.63, 3.8) is 0 Å². The van der Waals surface area contributed by atoms with E-state index in [2.05, 4.69) is 13.5 Å². The first-order valence-corrected chi connectivity index (χ1v) is 7.07. The van der Waals surface area contributed by atoms with Crippen LogP contribution < -0.4 is 0 Å². The van der Waals surface area contributed by atoms with Crippen molar-refractivity contribution in [2.24, 2.45) is 0 Å². The van der Waals surface area contributed by atoms with E-state index >= 15 is 0 Å². The molecule has 0 saturated heterocycles. The molecule has 3 heteroatoms. The lowest BCUT2D eigenvalue weighted by molar-refractivity contribution is 1.24. The van der Waals surface area contributed by atoms with Gasteiger partial charge in [0.15, 0.2) is 7.38 Å². The van der Waals surface area contributed by atoms with Crippen LogP contribution in [0.1, 0.15) is 13.8 Å². The number of hydrogen-bond acceptors (Lipinski definition) is 0. The maximum Gasteiger partial charge on any atom is 0.170 e. The Morgan fingerprint density at radius 3 is 2.00 bits per heavy atom. The summed E-state index contributed by atoms with van der Waals surface area (Å²) in [6.07, 6.45) is 0. The van der Waals surface area contributed by atoms with Crippen LogP contribution in [0.5, 0.6) is 0 Å². The predicted octanol–water partition coefficient (Wildman–Crippen LogP) is 2.99. The van der Waals surface area contributed by atoms with Gasteiger partial charge in [0.05, 0.1) is 0 Å². The van der Waals surface area contributed by atoms with Gasteiger partial charge < -0.3 is 0 Å². The molecule has 8 heavy (non-hydrogen) atoms. The Hall–Kier alpha value is 0.797. The Morgan fingerprint density at radius 1 is 1.62 bits per heavy atom. The average molecular weight is 171 g/mol. The summed E-state index contributed by atoms with van der Waals surface area (Å²) < 4.78 is 0. The lowest BCUT2D eigenvalue weighted by Crippen LogP contribution is -2.31. The normalized spacial score (nSPS) is 22.1. The van der Waals surface area contributed by atoms with Crippen LogP contribution in [0.3, 0.4) is 0 Å². The van der Waals surface area contributed by atoms with E-state index in [9.17, 15) is 0 Å². The second-order valence-corrected chi connectivity index (χ2v) is 9.99. The van der Waals surface area contributed by atoms with Crippen molar-refractivity contribution in [3.8, 4) is 0 Å². The highest BCUT2D eigenvalue weighted by Gasteiger charge is 2.27. The van der Waals surface area contributed by atoms with Crippen molar-refractivity contribution in [2.45, 2.75) is 31.4 Å². The summed E-state index contributed by atoms with van der Waals surface area (Å²) in [5, 5.41) is 0.189. The Morgan fingerprint density at radius 2 is 2.00 bits per heavy atom. The Labute approximate surface area is 61.9 Å². The van der Waals surface area contributed by atoms with E-state index in [-0.39, 0.29) is 5.00 Å². The van der Waals surface area contributed by atoms with Gasteiger partial charge in [-0.15, -0.1) is 11.6 Å². The summed E-state index contributed by atoms with van der Waals surface area (Å²) in [6, 6.07) is 1.05. The molecule has 0 aliphatic rings. The molecule has 0 saturated carbocycles. The molecule has 0 aromatic heterocycles. The lowest BCUT2D eigenvalue weighted by atomic mass is 10.9. The molecule has 0 spiro atoms. The maximum atomic E-state index is 6.06. The van der Waals surface area contributed by atoms with E-state index in [0.717, 1.165) is 6.04 Å². The third kappa shape index (κ3) is 2.38. The molecule has 0 aliphatic carbocycles. The van der Waals surface area contributed by atoms with Crippen LogP contribution in [0.25, 0.3) is 0 Å². The Kier molecular flexibility index (Phi) is 3.40. The van der Waals surface area contributed by atoms with Gasteiger partial charge in [-0.3, -0.25) is 0 Å². The minimum absolute atomic E-state index is 0.189. The topological polar surface area (TPSA) is 0 Å². The Bertz CT molecular complexity index is 70.8. The van der Waals surface area contributed by atoms with E-state index < -0.39 is 7.38 Å². The first-order valence-electron chi connectivity index (χ1n) is 2.83. The van der Waals surface area contributed by atoms with Crippen LogP contribution in [-0.2, 0) is 0 Å². The molecule has 0 aliphatic heterocycles. The number of hydrogen-bond donors (Lipinski definition) is 0. The molecule has 0 aromatic carbocycles. The third-order valence-electron chi connectivity index (χ3n) is 1.52. The quantitative estimate of drug-likeness (QED) is 0.340. The summed E-state index contributed by atoms with van der Waals surface area (Å²) in [6.45, 7) is 6.16. The van der Waals surface area contributed by atoms with Crippen molar-refractivity contribution in [2.75, 3.05) is 0 Å². The molecule has 0 N–H and O–H groups in total. The Balaban J connectivity index is 3.71. The largest absolute Gasteiger partial charge is 0.170 e. The second kappa shape index (κ2) is 3.09. The molecular formula is C5H12Cl2Si. The van der Waals surface area contributed by atoms with E-state index in [1.807, 2.05) is 6.92 Å². The molecule has 0 aromatic rings. The van der Waals surface area contributed by atoms with Gasteiger partial charge in [0, 0.05) is 5.00 Å². The van der Waals surface area contributed by atoms with Gasteiger partial charge in [0.1, 0.15) is 0 Å². The molecule has 0 rings (SSSR count). The standard InChI is InChI=1S/C5H12Cl2Si/c1-4-8(3,7)5(2)6/h5H,4H2,1-3H3. The molecule has 2 unspecified atom stereocenters. The van der Waals surface area contributed by atoms with Gasteiger partial charge in [-0.2, -0.15) is 11.1 Å². The van der Waals surface area contributed by atoms with Crippen molar-refractivity contribution >= 4 is 30.1 Å². The van der Waals surface area contributed by atoms with Crippen LogP contribution in [0, 0.1) is 0 Å². The zero-order valence-electron chi connectivity index (χ0n) is 5.54. The first kappa shape index (κ1) is 8.80. The summed E-state index contributed by atoms with van der Waals surface area (Å²) in [4.78, 5) is 0. The second-order valence-electron chi connectivity index (χ2n) is 2.25. The molecule has 50 valence electrons. The summed E-state index contributed by atoms with van der Waals surface area (Å²) in [7, 11) is -1.52. The van der Waals surface area contributed by atoms with Gasteiger partial charge in [-0.1, -0.05) is 20.4 Å². The van der Waals surface area contributed by atoms with Crippen LogP contribution >= 0.6 is 22.7 Å². The van der Waals surface area contributed by atoms with Crippen molar-refractivity contribution in [1.82, 2.24) is 0 Å². The van der Waals surface area contributed by atoms with Crippen LogP contribution in [-0.4, -0.2) is 12.4 Å². The molecular weight excluding hydrogens is 159 g/mol. The minimum atomic E-state index is -1.52. The fourth-order valence-electron chi connectivity index (χ4n) is 0.281. The van der Waals surface area contributed by atoms with E-state index in [4.69, 9.17) is 22.7 Å². The molecule has 0 fully saturated rings.